The molecule has 6 nitrogen and oxygen atoms in total. The molecule has 0 spiro atoms. The lowest BCUT2D eigenvalue weighted by atomic mass is 9.95. The van der Waals surface area contributed by atoms with E-state index in [1.54, 1.807) is 25.3 Å². The predicted molar refractivity (Wildman–Crippen MR) is 101 cm³/mol. The molecule has 0 radical (unpaired) electrons. The zero-order valence-electron chi connectivity index (χ0n) is 14.5. The Kier molecular flexibility index (Phi) is 5.09. The van der Waals surface area contributed by atoms with E-state index in [2.05, 4.69) is 20.5 Å². The van der Waals surface area contributed by atoms with Gasteiger partial charge in [0.25, 0.3) is 0 Å². The average molecular weight is 393 g/mol. The molecule has 0 unspecified atom stereocenters. The maximum absolute atomic E-state index is 12.2. The molecule has 1 aromatic heterocycles. The second kappa shape index (κ2) is 7.48. The zero-order chi connectivity index (χ0) is 18.1. The third kappa shape index (κ3) is 3.69. The molecule has 2 N–H and O–H groups in total. The number of hydrogen-bond donors (Lipinski definition) is 2. The van der Waals surface area contributed by atoms with Gasteiger partial charge in [0.2, 0.25) is 11.1 Å². The summed E-state index contributed by atoms with van der Waals surface area (Å²) in [5.74, 6) is 3.11. The molecule has 3 atom stereocenters. The van der Waals surface area contributed by atoms with Gasteiger partial charge in [-0.1, -0.05) is 29.8 Å². The minimum Gasteiger partial charge on any atom is -0.496 e. The van der Waals surface area contributed by atoms with Crippen LogP contribution in [0.4, 0.5) is 0 Å². The Hall–Kier alpha value is -1.73. The number of benzene rings is 1. The Morgan fingerprint density at radius 2 is 2.31 bits per heavy atom. The molecule has 0 aliphatic heterocycles. The van der Waals surface area contributed by atoms with E-state index in [1.807, 2.05) is 0 Å². The van der Waals surface area contributed by atoms with Gasteiger partial charge in [0.1, 0.15) is 5.75 Å². The van der Waals surface area contributed by atoms with Gasteiger partial charge in [0.15, 0.2) is 5.82 Å². The molecule has 1 aromatic carbocycles. The summed E-state index contributed by atoms with van der Waals surface area (Å²) in [5.41, 5.74) is 0.741. The fourth-order valence-corrected chi connectivity index (χ4v) is 4.88. The largest absolute Gasteiger partial charge is 0.496 e. The van der Waals surface area contributed by atoms with Gasteiger partial charge in [-0.15, -0.1) is 5.10 Å². The molecule has 26 heavy (non-hydrogen) atoms. The van der Waals surface area contributed by atoms with Crippen LogP contribution in [0.25, 0.3) is 11.4 Å². The number of H-pyrrole nitrogens is 1. The Morgan fingerprint density at radius 1 is 1.42 bits per heavy atom. The zero-order valence-corrected chi connectivity index (χ0v) is 16.1. The fourth-order valence-electron chi connectivity index (χ4n) is 4.10. The van der Waals surface area contributed by atoms with Gasteiger partial charge < -0.3 is 10.1 Å². The molecule has 2 saturated carbocycles. The minimum absolute atomic E-state index is 0.0548. The molecule has 138 valence electrons. The number of thioether (sulfide) groups is 1. The van der Waals surface area contributed by atoms with Gasteiger partial charge >= 0.3 is 0 Å². The number of nitrogens with zero attached hydrogens (tertiary/aromatic N) is 2. The second-order valence-electron chi connectivity index (χ2n) is 6.95. The number of carbonyl (C=O) groups excluding carboxylic acids is 1. The molecule has 2 aromatic rings. The van der Waals surface area contributed by atoms with Crippen LogP contribution in [0.15, 0.2) is 23.4 Å². The number of halogens is 1. The number of fused-ring (bicyclic) bond motifs is 2. The van der Waals surface area contributed by atoms with Gasteiger partial charge in [-0.05, 0) is 49.3 Å². The molecule has 2 fully saturated rings. The average Bonchev–Trinajstić information content (AvgIpc) is 3.37. The van der Waals surface area contributed by atoms with Crippen molar-refractivity contribution in [3.05, 3.63) is 23.2 Å². The maximum Gasteiger partial charge on any atom is 0.230 e. The van der Waals surface area contributed by atoms with E-state index in [-0.39, 0.29) is 5.91 Å². The SMILES string of the molecule is COc1ccc(Cl)cc1-c1nc(SCC(=O)N[C@H]2C[C@H]3CC[C@H]2C3)n[nH]1. The molecule has 2 bridgehead atoms. The highest BCUT2D eigenvalue weighted by Gasteiger charge is 2.40. The van der Waals surface area contributed by atoms with Crippen LogP contribution in [-0.2, 0) is 4.79 Å². The summed E-state index contributed by atoms with van der Waals surface area (Å²) in [6.45, 7) is 0. The third-order valence-corrected chi connectivity index (χ3v) is 6.38. The van der Waals surface area contributed by atoms with Crippen molar-refractivity contribution in [3.63, 3.8) is 0 Å². The Morgan fingerprint density at radius 3 is 3.04 bits per heavy atom. The van der Waals surface area contributed by atoms with Crippen molar-refractivity contribution in [2.45, 2.75) is 36.9 Å². The molecule has 2 aliphatic carbocycles. The molecular formula is C18H21ClN4O2S. The van der Waals surface area contributed by atoms with Gasteiger partial charge in [-0.25, -0.2) is 4.98 Å². The molecule has 4 rings (SSSR count). The summed E-state index contributed by atoms with van der Waals surface area (Å²) in [6, 6.07) is 5.68. The maximum atomic E-state index is 12.2. The van der Waals surface area contributed by atoms with Crippen molar-refractivity contribution in [2.24, 2.45) is 11.8 Å². The summed E-state index contributed by atoms with van der Waals surface area (Å²) in [6.07, 6.45) is 5.01. The van der Waals surface area contributed by atoms with Crippen LogP contribution in [0, 0.1) is 11.8 Å². The number of aromatic amines is 1. The van der Waals surface area contributed by atoms with Crippen LogP contribution in [0.1, 0.15) is 25.7 Å². The fraction of sp³-hybridized carbons (Fsp3) is 0.500. The Bertz CT molecular complexity index is 812. The van der Waals surface area contributed by atoms with Crippen molar-refractivity contribution in [2.75, 3.05) is 12.9 Å². The van der Waals surface area contributed by atoms with Gasteiger partial charge in [-0.2, -0.15) is 0 Å². The lowest BCUT2D eigenvalue weighted by Crippen LogP contribution is -2.39. The van der Waals surface area contributed by atoms with Crippen LogP contribution in [-0.4, -0.2) is 40.0 Å². The lowest BCUT2D eigenvalue weighted by Gasteiger charge is -2.22. The number of aromatic nitrogens is 3. The number of carbonyl (C=O) groups is 1. The van der Waals surface area contributed by atoms with E-state index < -0.39 is 0 Å². The first-order valence-electron chi connectivity index (χ1n) is 8.81. The molecule has 1 heterocycles. The number of hydrogen-bond acceptors (Lipinski definition) is 5. The highest BCUT2D eigenvalue weighted by atomic mass is 35.5. The van der Waals surface area contributed by atoms with Crippen LogP contribution < -0.4 is 10.1 Å². The number of methoxy groups -OCH3 is 1. The summed E-state index contributed by atoms with van der Waals surface area (Å²) in [5, 5.41) is 11.4. The van der Waals surface area contributed by atoms with E-state index in [1.165, 1.54) is 31.0 Å². The first-order valence-corrected chi connectivity index (χ1v) is 10.2. The topological polar surface area (TPSA) is 79.9 Å². The predicted octanol–water partition coefficient (Wildman–Crippen LogP) is 3.53. The van der Waals surface area contributed by atoms with Gasteiger partial charge in [0.05, 0.1) is 18.4 Å². The lowest BCUT2D eigenvalue weighted by molar-refractivity contribution is -0.119. The molecule has 8 heteroatoms. The van der Waals surface area contributed by atoms with E-state index in [0.29, 0.717) is 39.5 Å². The highest BCUT2D eigenvalue weighted by Crippen LogP contribution is 2.44. The summed E-state index contributed by atoms with van der Waals surface area (Å²) in [7, 11) is 1.60. The van der Waals surface area contributed by atoms with E-state index >= 15 is 0 Å². The molecule has 1 amide bonds. The smallest absolute Gasteiger partial charge is 0.230 e. The molecule has 0 saturated heterocycles. The second-order valence-corrected chi connectivity index (χ2v) is 8.33. The van der Waals surface area contributed by atoms with Crippen LogP contribution in [0.3, 0.4) is 0 Å². The van der Waals surface area contributed by atoms with Crippen molar-refractivity contribution in [3.8, 4) is 17.1 Å². The van der Waals surface area contributed by atoms with Crippen LogP contribution >= 0.6 is 23.4 Å². The number of ether oxygens (including phenoxy) is 1. The minimum atomic E-state index is 0.0548. The number of nitrogens with one attached hydrogen (secondary N) is 2. The van der Waals surface area contributed by atoms with Crippen LogP contribution in [0.2, 0.25) is 5.02 Å². The van der Waals surface area contributed by atoms with Crippen molar-refractivity contribution in [1.29, 1.82) is 0 Å². The van der Waals surface area contributed by atoms with Gasteiger partial charge in [-0.3, -0.25) is 9.89 Å². The number of rotatable bonds is 6. The normalized spacial score (nSPS) is 24.0. The van der Waals surface area contributed by atoms with E-state index in [4.69, 9.17) is 16.3 Å². The highest BCUT2D eigenvalue weighted by molar-refractivity contribution is 7.99. The Balaban J connectivity index is 1.35. The van der Waals surface area contributed by atoms with E-state index in [9.17, 15) is 4.79 Å². The Labute approximate surface area is 161 Å². The van der Waals surface area contributed by atoms with Gasteiger partial charge in [0, 0.05) is 11.1 Å². The number of amides is 1. The third-order valence-electron chi connectivity index (χ3n) is 5.30. The first-order chi connectivity index (χ1) is 12.6. The van der Waals surface area contributed by atoms with E-state index in [0.717, 1.165) is 17.9 Å². The molecular weight excluding hydrogens is 372 g/mol. The summed E-state index contributed by atoms with van der Waals surface area (Å²) in [4.78, 5) is 16.7. The first kappa shape index (κ1) is 17.7. The van der Waals surface area contributed by atoms with Crippen molar-refractivity contribution < 1.29 is 9.53 Å². The van der Waals surface area contributed by atoms with Crippen LogP contribution in [0.5, 0.6) is 5.75 Å². The molecule has 2 aliphatic rings. The summed E-state index contributed by atoms with van der Waals surface area (Å²) < 4.78 is 5.34. The standard InChI is InChI=1S/C18H21ClN4O2S/c1-25-15-5-4-12(19)8-13(15)17-21-18(23-22-17)26-9-16(24)20-14-7-10-2-3-11(14)6-10/h4-5,8,10-11,14H,2-3,6-7,9H2,1H3,(H,20,24)(H,21,22,23)/t10-,11-,14-/m0/s1. The quantitative estimate of drug-likeness (QED) is 0.735. The summed E-state index contributed by atoms with van der Waals surface area (Å²) >= 11 is 7.39. The van der Waals surface area contributed by atoms with Crippen molar-refractivity contribution >= 4 is 29.3 Å². The monoisotopic (exact) mass is 392 g/mol. The van der Waals surface area contributed by atoms with Crippen molar-refractivity contribution in [1.82, 2.24) is 20.5 Å².